The van der Waals surface area contributed by atoms with Gasteiger partial charge in [0, 0.05) is 11.8 Å². The summed E-state index contributed by atoms with van der Waals surface area (Å²) in [4.78, 5) is 23.9. The number of nitrogens with zero attached hydrogens (tertiary/aromatic N) is 3. The number of hydrogen-bond acceptors (Lipinski definition) is 5. The number of amides is 1. The number of hydrogen-bond donors (Lipinski definition) is 1. The van der Waals surface area contributed by atoms with E-state index in [2.05, 4.69) is 15.6 Å². The molecule has 7 heteroatoms. The van der Waals surface area contributed by atoms with Crippen LogP contribution in [0.4, 0.5) is 5.69 Å². The molecule has 0 unspecified atom stereocenters. The summed E-state index contributed by atoms with van der Waals surface area (Å²) < 4.78 is 6.67. The van der Waals surface area contributed by atoms with Crippen LogP contribution in [0.3, 0.4) is 0 Å². The summed E-state index contributed by atoms with van der Waals surface area (Å²) >= 11 is 0. The highest BCUT2D eigenvalue weighted by Gasteiger charge is 2.09. The lowest BCUT2D eigenvalue weighted by atomic mass is 10.1. The number of rotatable bonds is 7. The van der Waals surface area contributed by atoms with Gasteiger partial charge in [-0.3, -0.25) is 4.79 Å². The average molecular weight is 390 g/mol. The van der Waals surface area contributed by atoms with Crippen LogP contribution in [-0.4, -0.2) is 33.5 Å². The topological polar surface area (TPSA) is 86.1 Å². The Morgan fingerprint density at radius 1 is 1.07 bits per heavy atom. The molecule has 29 heavy (non-hydrogen) atoms. The van der Waals surface area contributed by atoms with E-state index in [4.69, 9.17) is 4.74 Å². The Morgan fingerprint density at radius 2 is 1.79 bits per heavy atom. The predicted molar refractivity (Wildman–Crippen MR) is 110 cm³/mol. The maximum atomic E-state index is 12.0. The fourth-order valence-corrected chi connectivity index (χ4v) is 2.76. The Kier molecular flexibility index (Phi) is 6.52. The molecule has 3 aromatic rings. The van der Waals surface area contributed by atoms with Gasteiger partial charge in [-0.2, -0.15) is 0 Å². The fraction of sp³-hybridized carbons (Fsp3) is 0.182. The van der Waals surface area contributed by atoms with Crippen LogP contribution in [0.5, 0.6) is 0 Å². The number of nitrogens with one attached hydrogen (secondary N) is 1. The first-order valence-electron chi connectivity index (χ1n) is 9.16. The molecule has 1 amide bonds. The van der Waals surface area contributed by atoms with Gasteiger partial charge in [-0.15, -0.1) is 5.10 Å². The number of ether oxygens (including phenoxy) is 1. The van der Waals surface area contributed by atoms with E-state index in [1.54, 1.807) is 10.9 Å². The first kappa shape index (κ1) is 20.0. The van der Waals surface area contributed by atoms with E-state index in [-0.39, 0.29) is 6.61 Å². The summed E-state index contributed by atoms with van der Waals surface area (Å²) in [7, 11) is 0. The molecule has 0 bridgehead atoms. The van der Waals surface area contributed by atoms with E-state index in [1.165, 1.54) is 12.2 Å². The van der Waals surface area contributed by atoms with Crippen molar-refractivity contribution < 1.29 is 14.3 Å². The molecule has 1 aromatic heterocycles. The summed E-state index contributed by atoms with van der Waals surface area (Å²) in [5.41, 5.74) is 4.26. The number of anilines is 1. The van der Waals surface area contributed by atoms with Crippen LogP contribution in [0.1, 0.15) is 22.4 Å². The first-order chi connectivity index (χ1) is 14.0. The van der Waals surface area contributed by atoms with Crippen LogP contribution in [0.25, 0.3) is 6.08 Å². The van der Waals surface area contributed by atoms with Gasteiger partial charge in [-0.25, -0.2) is 9.48 Å². The molecule has 1 heterocycles. The fourth-order valence-electron chi connectivity index (χ4n) is 2.76. The second-order valence-electron chi connectivity index (χ2n) is 6.58. The van der Waals surface area contributed by atoms with Crippen LogP contribution in [-0.2, 0) is 20.9 Å². The van der Waals surface area contributed by atoms with Crippen LogP contribution in [0.2, 0.25) is 0 Å². The molecule has 0 saturated heterocycles. The second-order valence-corrected chi connectivity index (χ2v) is 6.58. The average Bonchev–Trinajstić information content (AvgIpc) is 3.16. The highest BCUT2D eigenvalue weighted by Crippen LogP contribution is 2.19. The lowest BCUT2D eigenvalue weighted by molar-refractivity contribution is -0.142. The molecule has 1 N–H and O–H groups in total. The minimum Gasteiger partial charge on any atom is -0.452 e. The molecule has 0 aliphatic rings. The van der Waals surface area contributed by atoms with Crippen LogP contribution in [0.15, 0.2) is 60.8 Å². The Bertz CT molecular complexity index is 1010. The van der Waals surface area contributed by atoms with Crippen molar-refractivity contribution in [1.29, 1.82) is 0 Å². The van der Waals surface area contributed by atoms with Gasteiger partial charge in [0.05, 0.1) is 12.7 Å². The van der Waals surface area contributed by atoms with Gasteiger partial charge in [0.1, 0.15) is 5.69 Å². The number of benzene rings is 2. The minimum absolute atomic E-state index is 0.363. The third kappa shape index (κ3) is 5.87. The van der Waals surface area contributed by atoms with E-state index >= 15 is 0 Å². The molecule has 2 aromatic carbocycles. The Balaban J connectivity index is 1.48. The maximum Gasteiger partial charge on any atom is 0.331 e. The van der Waals surface area contributed by atoms with Crippen LogP contribution in [0, 0.1) is 13.8 Å². The van der Waals surface area contributed by atoms with Crippen LogP contribution < -0.4 is 5.32 Å². The van der Waals surface area contributed by atoms with E-state index in [0.29, 0.717) is 12.2 Å². The first-order valence-corrected chi connectivity index (χ1v) is 9.16. The zero-order valence-corrected chi connectivity index (χ0v) is 16.3. The van der Waals surface area contributed by atoms with Crippen molar-refractivity contribution in [2.24, 2.45) is 0 Å². The molecule has 0 fully saturated rings. The number of carbonyl (C=O) groups is 2. The molecule has 0 radical (unpaired) electrons. The summed E-state index contributed by atoms with van der Waals surface area (Å²) in [5, 5.41) is 10.8. The SMILES string of the molecule is Cc1cccc(C)c1NC(=O)COC(=O)/C=C/c1cn(Cc2ccccc2)nn1. The van der Waals surface area contributed by atoms with E-state index in [0.717, 1.165) is 22.4 Å². The van der Waals surface area contributed by atoms with E-state index in [1.807, 2.05) is 62.4 Å². The molecule has 0 aliphatic carbocycles. The Morgan fingerprint density at radius 3 is 2.52 bits per heavy atom. The normalized spacial score (nSPS) is 10.8. The maximum absolute atomic E-state index is 12.0. The van der Waals surface area contributed by atoms with Crippen molar-refractivity contribution in [1.82, 2.24) is 15.0 Å². The van der Waals surface area contributed by atoms with Gasteiger partial charge < -0.3 is 10.1 Å². The predicted octanol–water partition coefficient (Wildman–Crippen LogP) is 3.14. The van der Waals surface area contributed by atoms with Gasteiger partial charge in [0.15, 0.2) is 6.61 Å². The highest BCUT2D eigenvalue weighted by atomic mass is 16.5. The lowest BCUT2D eigenvalue weighted by Gasteiger charge is -2.11. The quantitative estimate of drug-likeness (QED) is 0.495. The second kappa shape index (κ2) is 9.45. The smallest absolute Gasteiger partial charge is 0.331 e. The van der Waals surface area contributed by atoms with E-state index in [9.17, 15) is 9.59 Å². The van der Waals surface area contributed by atoms with E-state index < -0.39 is 11.9 Å². The Hall–Kier alpha value is -3.74. The zero-order chi connectivity index (χ0) is 20.6. The third-order valence-electron chi connectivity index (χ3n) is 4.23. The van der Waals surface area contributed by atoms with Gasteiger partial charge in [0.2, 0.25) is 0 Å². The molecule has 7 nitrogen and oxygen atoms in total. The van der Waals surface area contributed by atoms with Crippen molar-refractivity contribution in [2.75, 3.05) is 11.9 Å². The molecule has 3 rings (SSSR count). The molecule has 0 saturated carbocycles. The van der Waals surface area contributed by atoms with Gasteiger partial charge >= 0.3 is 5.97 Å². The Labute approximate surface area is 169 Å². The number of esters is 1. The minimum atomic E-state index is -0.626. The molecular weight excluding hydrogens is 368 g/mol. The van der Waals surface area contributed by atoms with Crippen molar-refractivity contribution in [2.45, 2.75) is 20.4 Å². The third-order valence-corrected chi connectivity index (χ3v) is 4.23. The summed E-state index contributed by atoms with van der Waals surface area (Å²) in [6, 6.07) is 15.6. The van der Waals surface area contributed by atoms with Gasteiger partial charge in [-0.05, 0) is 36.6 Å². The summed E-state index contributed by atoms with van der Waals surface area (Å²) in [6.45, 7) is 4.03. The summed E-state index contributed by atoms with van der Waals surface area (Å²) in [5.74, 6) is -1.02. The summed E-state index contributed by atoms with van der Waals surface area (Å²) in [6.07, 6.45) is 4.45. The number of aromatic nitrogens is 3. The van der Waals surface area contributed by atoms with Crippen molar-refractivity contribution >= 4 is 23.6 Å². The number of carbonyl (C=O) groups excluding carboxylic acids is 2. The monoisotopic (exact) mass is 390 g/mol. The van der Waals surface area contributed by atoms with Crippen LogP contribution >= 0.6 is 0 Å². The van der Waals surface area contributed by atoms with Gasteiger partial charge in [-0.1, -0.05) is 53.7 Å². The molecule has 0 atom stereocenters. The zero-order valence-electron chi connectivity index (χ0n) is 16.3. The molecule has 0 aliphatic heterocycles. The highest BCUT2D eigenvalue weighted by molar-refractivity contribution is 5.95. The molecule has 148 valence electrons. The van der Waals surface area contributed by atoms with Gasteiger partial charge in [0.25, 0.3) is 5.91 Å². The largest absolute Gasteiger partial charge is 0.452 e. The van der Waals surface area contributed by atoms with Crippen molar-refractivity contribution in [3.05, 3.63) is 83.2 Å². The number of para-hydroxylation sites is 1. The standard InChI is InChI=1S/C22H22N4O3/c1-16-7-6-8-17(2)22(16)23-20(27)15-29-21(28)12-11-19-14-26(25-24-19)13-18-9-4-3-5-10-18/h3-12,14H,13,15H2,1-2H3,(H,23,27)/b12-11+. The lowest BCUT2D eigenvalue weighted by Crippen LogP contribution is -2.21. The molecule has 0 spiro atoms. The van der Waals surface area contributed by atoms with Crippen molar-refractivity contribution in [3.8, 4) is 0 Å². The van der Waals surface area contributed by atoms with Crippen molar-refractivity contribution in [3.63, 3.8) is 0 Å². The molecular formula is C22H22N4O3. The number of aryl methyl sites for hydroxylation is 2.